The van der Waals surface area contributed by atoms with Crippen LogP contribution in [0.5, 0.6) is 0 Å². The predicted octanol–water partition coefficient (Wildman–Crippen LogP) is 4.19. The van der Waals surface area contributed by atoms with Crippen molar-refractivity contribution in [3.8, 4) is 0 Å². The second-order valence-electron chi connectivity index (χ2n) is 7.00. The average molecular weight is 417 g/mol. The molecule has 2 aromatic heterocycles. The summed E-state index contributed by atoms with van der Waals surface area (Å²) in [5.74, 6) is -0.177. The van der Waals surface area contributed by atoms with Gasteiger partial charge in [0.2, 0.25) is 5.91 Å². The lowest BCUT2D eigenvalue weighted by Gasteiger charge is -2.24. The number of anilines is 1. The molecular weight excluding hydrogens is 396 g/mol. The van der Waals surface area contributed by atoms with Crippen molar-refractivity contribution in [2.75, 3.05) is 11.9 Å². The van der Waals surface area contributed by atoms with Gasteiger partial charge in [-0.1, -0.05) is 15.9 Å². The summed E-state index contributed by atoms with van der Waals surface area (Å²) in [7, 11) is 0. The number of amides is 1. The summed E-state index contributed by atoms with van der Waals surface area (Å²) in [5.41, 5.74) is 1.17. The molecule has 26 heavy (non-hydrogen) atoms. The maximum Gasteiger partial charge on any atom is 0.249 e. The largest absolute Gasteiger partial charge is 0.373 e. The van der Waals surface area contributed by atoms with E-state index in [2.05, 4.69) is 31.2 Å². The van der Waals surface area contributed by atoms with E-state index in [4.69, 9.17) is 4.74 Å². The van der Waals surface area contributed by atoms with Gasteiger partial charge in [0.25, 0.3) is 0 Å². The van der Waals surface area contributed by atoms with Crippen molar-refractivity contribution in [3.05, 3.63) is 53.7 Å². The Labute approximate surface area is 160 Å². The number of rotatable bonds is 5. The fourth-order valence-corrected chi connectivity index (χ4v) is 2.86. The summed E-state index contributed by atoms with van der Waals surface area (Å²) < 4.78 is 8.53. The Morgan fingerprint density at radius 3 is 2.85 bits per heavy atom. The molecule has 1 N–H and O–H groups in total. The van der Waals surface area contributed by atoms with Crippen LogP contribution in [0.15, 0.2) is 53.7 Å². The van der Waals surface area contributed by atoms with E-state index in [1.54, 1.807) is 29.5 Å². The third-order valence-electron chi connectivity index (χ3n) is 3.77. The standard InChI is InChI=1S/C19H21BrN4O2/c1-19(2,3)26-11-17(24-7-6-21-12-24)18(25)23-15-9-13-8-14(20)4-5-16(13)22-10-15/h4-10,12,17H,11H2,1-3H3,(H,23,25)/t17-/m0/s1. The number of aromatic nitrogens is 3. The molecule has 3 aromatic rings. The van der Waals surface area contributed by atoms with Crippen molar-refractivity contribution in [1.82, 2.24) is 14.5 Å². The number of carbonyl (C=O) groups is 1. The van der Waals surface area contributed by atoms with Gasteiger partial charge in [-0.3, -0.25) is 9.78 Å². The molecule has 1 amide bonds. The van der Waals surface area contributed by atoms with E-state index in [1.165, 1.54) is 0 Å². The summed E-state index contributed by atoms with van der Waals surface area (Å²) in [6.45, 7) is 6.13. The number of halogens is 1. The second-order valence-corrected chi connectivity index (χ2v) is 7.92. The van der Waals surface area contributed by atoms with Gasteiger partial charge in [-0.05, 0) is 45.0 Å². The van der Waals surface area contributed by atoms with Crippen LogP contribution in [-0.2, 0) is 9.53 Å². The SMILES string of the molecule is CC(C)(C)OC[C@@H](C(=O)Nc1cnc2ccc(Br)cc2c1)n1ccnc1. The molecule has 2 heterocycles. The van der Waals surface area contributed by atoms with Gasteiger partial charge in [-0.25, -0.2) is 4.98 Å². The number of hydrogen-bond donors (Lipinski definition) is 1. The van der Waals surface area contributed by atoms with Crippen molar-refractivity contribution < 1.29 is 9.53 Å². The molecule has 1 aromatic carbocycles. The van der Waals surface area contributed by atoms with Crippen molar-refractivity contribution in [3.63, 3.8) is 0 Å². The zero-order valence-electron chi connectivity index (χ0n) is 14.9. The minimum Gasteiger partial charge on any atom is -0.373 e. The van der Waals surface area contributed by atoms with Gasteiger partial charge in [0.1, 0.15) is 6.04 Å². The van der Waals surface area contributed by atoms with E-state index in [0.29, 0.717) is 5.69 Å². The Hall–Kier alpha value is -2.25. The van der Waals surface area contributed by atoms with Crippen LogP contribution < -0.4 is 5.32 Å². The lowest BCUT2D eigenvalue weighted by Crippen LogP contribution is -2.32. The number of ether oxygens (including phenoxy) is 1. The van der Waals surface area contributed by atoms with Crippen LogP contribution in [-0.4, -0.2) is 32.7 Å². The maximum absolute atomic E-state index is 12.9. The van der Waals surface area contributed by atoms with Crippen molar-refractivity contribution >= 4 is 38.4 Å². The number of carbonyl (C=O) groups excluding carboxylic acids is 1. The fourth-order valence-electron chi connectivity index (χ4n) is 2.48. The molecule has 136 valence electrons. The quantitative estimate of drug-likeness (QED) is 0.676. The first-order chi connectivity index (χ1) is 12.3. The lowest BCUT2D eigenvalue weighted by molar-refractivity contribution is -0.123. The number of fused-ring (bicyclic) bond motifs is 1. The highest BCUT2D eigenvalue weighted by atomic mass is 79.9. The Balaban J connectivity index is 1.80. The van der Waals surface area contributed by atoms with E-state index in [9.17, 15) is 4.79 Å². The molecule has 0 aliphatic heterocycles. The van der Waals surface area contributed by atoms with Crippen molar-refractivity contribution in [2.45, 2.75) is 32.4 Å². The van der Waals surface area contributed by atoms with E-state index in [0.717, 1.165) is 15.4 Å². The minimum atomic E-state index is -0.519. The lowest BCUT2D eigenvalue weighted by atomic mass is 10.2. The molecule has 0 unspecified atom stereocenters. The highest BCUT2D eigenvalue weighted by molar-refractivity contribution is 9.10. The average Bonchev–Trinajstić information content (AvgIpc) is 3.07. The van der Waals surface area contributed by atoms with Crippen LogP contribution >= 0.6 is 15.9 Å². The minimum absolute atomic E-state index is 0.177. The summed E-state index contributed by atoms with van der Waals surface area (Å²) >= 11 is 3.45. The third-order valence-corrected chi connectivity index (χ3v) is 4.27. The number of benzene rings is 1. The second kappa shape index (κ2) is 7.55. The molecular formula is C19H21BrN4O2. The summed E-state index contributed by atoms with van der Waals surface area (Å²) in [5, 5.41) is 3.88. The van der Waals surface area contributed by atoms with Gasteiger partial charge < -0.3 is 14.6 Å². The first kappa shape index (κ1) is 18.5. The van der Waals surface area contributed by atoms with E-state index in [-0.39, 0.29) is 18.1 Å². The highest BCUT2D eigenvalue weighted by Crippen LogP contribution is 2.22. The van der Waals surface area contributed by atoms with Gasteiger partial charge in [-0.15, -0.1) is 0 Å². The molecule has 0 bridgehead atoms. The van der Waals surface area contributed by atoms with Crippen LogP contribution in [0, 0.1) is 0 Å². The van der Waals surface area contributed by atoms with Gasteiger partial charge in [-0.2, -0.15) is 0 Å². The summed E-state index contributed by atoms with van der Waals surface area (Å²) in [4.78, 5) is 21.3. The van der Waals surface area contributed by atoms with Crippen LogP contribution in [0.3, 0.4) is 0 Å². The van der Waals surface area contributed by atoms with Gasteiger partial charge in [0, 0.05) is 22.3 Å². The highest BCUT2D eigenvalue weighted by Gasteiger charge is 2.23. The number of nitrogens with zero attached hydrogens (tertiary/aromatic N) is 3. The van der Waals surface area contributed by atoms with Gasteiger partial charge in [0.05, 0.1) is 35.9 Å². The van der Waals surface area contributed by atoms with E-state index < -0.39 is 6.04 Å². The van der Waals surface area contributed by atoms with E-state index >= 15 is 0 Å². The normalized spacial score (nSPS) is 12.9. The Bertz CT molecular complexity index is 904. The molecule has 3 rings (SSSR count). The van der Waals surface area contributed by atoms with Crippen LogP contribution in [0.1, 0.15) is 26.8 Å². The molecule has 0 aliphatic carbocycles. The molecule has 0 saturated carbocycles. The summed E-state index contributed by atoms with van der Waals surface area (Å²) in [6, 6.07) is 7.22. The van der Waals surface area contributed by atoms with Gasteiger partial charge in [0.15, 0.2) is 0 Å². The molecule has 0 saturated heterocycles. The molecule has 0 fully saturated rings. The molecule has 1 atom stereocenters. The Morgan fingerprint density at radius 1 is 1.35 bits per heavy atom. The maximum atomic E-state index is 12.9. The monoisotopic (exact) mass is 416 g/mol. The van der Waals surface area contributed by atoms with Crippen LogP contribution in [0.2, 0.25) is 0 Å². The first-order valence-electron chi connectivity index (χ1n) is 8.29. The molecule has 0 radical (unpaired) electrons. The Kier molecular flexibility index (Phi) is 5.38. The zero-order valence-corrected chi connectivity index (χ0v) is 16.5. The first-order valence-corrected chi connectivity index (χ1v) is 9.09. The van der Waals surface area contributed by atoms with Crippen molar-refractivity contribution in [1.29, 1.82) is 0 Å². The molecule has 7 heteroatoms. The Morgan fingerprint density at radius 2 is 2.15 bits per heavy atom. The fraction of sp³-hybridized carbons (Fsp3) is 0.316. The molecule has 6 nitrogen and oxygen atoms in total. The van der Waals surface area contributed by atoms with E-state index in [1.807, 2.05) is 45.0 Å². The predicted molar refractivity (Wildman–Crippen MR) is 105 cm³/mol. The number of hydrogen-bond acceptors (Lipinski definition) is 4. The van der Waals surface area contributed by atoms with Gasteiger partial charge >= 0.3 is 0 Å². The van der Waals surface area contributed by atoms with Crippen molar-refractivity contribution in [2.24, 2.45) is 0 Å². The smallest absolute Gasteiger partial charge is 0.249 e. The molecule has 0 spiro atoms. The zero-order chi connectivity index (χ0) is 18.7. The number of nitrogens with one attached hydrogen (secondary N) is 1. The number of pyridine rings is 1. The van der Waals surface area contributed by atoms with Crippen LogP contribution in [0.25, 0.3) is 10.9 Å². The topological polar surface area (TPSA) is 69.0 Å². The summed E-state index contributed by atoms with van der Waals surface area (Å²) in [6.07, 6.45) is 6.67. The number of imidazole rings is 1. The van der Waals surface area contributed by atoms with Crippen LogP contribution in [0.4, 0.5) is 5.69 Å². The third kappa shape index (κ3) is 4.68. The molecule has 0 aliphatic rings.